The monoisotopic (exact) mass is 315 g/mol. The number of amides is 1. The second-order valence-electron chi connectivity index (χ2n) is 7.36. The number of aryl methyl sites for hydroxylation is 2. The molecule has 1 aromatic carbocycles. The molecule has 0 bridgehead atoms. The fraction of sp³-hybridized carbons (Fsp3) is 0.600. The molecule has 1 aliphatic rings. The minimum atomic E-state index is -0.806. The summed E-state index contributed by atoms with van der Waals surface area (Å²) in [5.74, 6) is -0.273. The molecule has 0 fully saturated rings. The van der Waals surface area contributed by atoms with Gasteiger partial charge in [-0.2, -0.15) is 0 Å². The van der Waals surface area contributed by atoms with Crippen LogP contribution >= 0.6 is 0 Å². The maximum absolute atomic E-state index is 12.7. The quantitative estimate of drug-likeness (QED) is 0.898. The van der Waals surface area contributed by atoms with Crippen molar-refractivity contribution in [2.45, 2.75) is 71.8 Å². The number of hydrogen-bond acceptors (Lipinski definition) is 2. The zero-order valence-corrected chi connectivity index (χ0v) is 15.0. The Labute approximate surface area is 139 Å². The van der Waals surface area contributed by atoms with E-state index in [0.29, 0.717) is 0 Å². The van der Waals surface area contributed by atoms with Crippen LogP contribution in [0.1, 0.15) is 70.1 Å². The first-order valence-electron chi connectivity index (χ1n) is 8.70. The van der Waals surface area contributed by atoms with E-state index in [9.17, 15) is 9.59 Å². The number of Topliss-reactive ketones (excluding diaryl/α,β-unsaturated/α-hetero) is 1. The molecule has 2 atom stereocenters. The van der Waals surface area contributed by atoms with Gasteiger partial charge in [0.2, 0.25) is 5.91 Å². The molecule has 23 heavy (non-hydrogen) atoms. The minimum absolute atomic E-state index is 0.00140. The van der Waals surface area contributed by atoms with Gasteiger partial charge >= 0.3 is 0 Å². The van der Waals surface area contributed by atoms with Crippen molar-refractivity contribution in [2.24, 2.45) is 5.92 Å². The number of benzene rings is 1. The first-order chi connectivity index (χ1) is 10.8. The molecule has 1 N–H and O–H groups in total. The van der Waals surface area contributed by atoms with Crippen LogP contribution in [0, 0.1) is 5.92 Å². The van der Waals surface area contributed by atoms with Gasteiger partial charge in [0, 0.05) is 0 Å². The highest BCUT2D eigenvalue weighted by Crippen LogP contribution is 2.27. The summed E-state index contributed by atoms with van der Waals surface area (Å²) in [5.41, 5.74) is 3.03. The molecular weight excluding hydrogens is 286 g/mol. The zero-order chi connectivity index (χ0) is 17.2. The third kappa shape index (κ3) is 3.65. The van der Waals surface area contributed by atoms with E-state index >= 15 is 0 Å². The van der Waals surface area contributed by atoms with Gasteiger partial charge in [0.15, 0.2) is 5.78 Å². The maximum atomic E-state index is 12.7. The van der Waals surface area contributed by atoms with Gasteiger partial charge in [0.1, 0.15) is 0 Å². The van der Waals surface area contributed by atoms with Crippen LogP contribution in [0.5, 0.6) is 0 Å². The summed E-state index contributed by atoms with van der Waals surface area (Å²) >= 11 is 0. The van der Waals surface area contributed by atoms with Gasteiger partial charge < -0.3 is 5.32 Å². The predicted molar refractivity (Wildman–Crippen MR) is 93.6 cm³/mol. The molecule has 3 nitrogen and oxygen atoms in total. The molecule has 0 radical (unpaired) electrons. The average molecular weight is 315 g/mol. The van der Waals surface area contributed by atoms with E-state index in [-0.39, 0.29) is 23.5 Å². The molecule has 0 spiro atoms. The normalized spacial score (nSPS) is 18.0. The maximum Gasteiger partial charge on any atom is 0.228 e. The van der Waals surface area contributed by atoms with E-state index < -0.39 is 5.54 Å². The van der Waals surface area contributed by atoms with Gasteiger partial charge in [-0.15, -0.1) is 0 Å². The van der Waals surface area contributed by atoms with Crippen molar-refractivity contribution in [3.63, 3.8) is 0 Å². The third-order valence-corrected chi connectivity index (χ3v) is 5.53. The second-order valence-corrected chi connectivity index (χ2v) is 7.36. The van der Waals surface area contributed by atoms with Gasteiger partial charge in [-0.05, 0) is 69.1 Å². The van der Waals surface area contributed by atoms with Crippen molar-refractivity contribution in [1.29, 1.82) is 0 Å². The summed E-state index contributed by atoms with van der Waals surface area (Å²) in [4.78, 5) is 24.7. The number of nitrogens with one attached hydrogen (secondary N) is 1. The number of carbonyl (C=O) groups excluding carboxylic acids is 2. The largest absolute Gasteiger partial charge is 0.343 e. The van der Waals surface area contributed by atoms with E-state index in [2.05, 4.69) is 23.5 Å². The van der Waals surface area contributed by atoms with Crippen LogP contribution in [-0.4, -0.2) is 17.2 Å². The number of carbonyl (C=O) groups is 2. The summed E-state index contributed by atoms with van der Waals surface area (Å²) in [6.07, 6.45) is 4.74. The first-order valence-corrected chi connectivity index (χ1v) is 8.70. The van der Waals surface area contributed by atoms with Crippen molar-refractivity contribution in [1.82, 2.24) is 5.32 Å². The molecule has 2 rings (SSSR count). The highest BCUT2D eigenvalue weighted by Gasteiger charge is 2.36. The van der Waals surface area contributed by atoms with Crippen LogP contribution in [0.15, 0.2) is 18.2 Å². The molecule has 0 aliphatic heterocycles. The first kappa shape index (κ1) is 17.7. The summed E-state index contributed by atoms with van der Waals surface area (Å²) < 4.78 is 0. The molecule has 0 aromatic heterocycles. The molecule has 126 valence electrons. The van der Waals surface area contributed by atoms with Crippen LogP contribution in [0.25, 0.3) is 0 Å². The predicted octanol–water partition coefficient (Wildman–Crippen LogP) is 3.79. The minimum Gasteiger partial charge on any atom is -0.343 e. The zero-order valence-electron chi connectivity index (χ0n) is 15.0. The Morgan fingerprint density at radius 2 is 1.70 bits per heavy atom. The van der Waals surface area contributed by atoms with Crippen molar-refractivity contribution < 1.29 is 9.59 Å². The average Bonchev–Trinajstić information content (AvgIpc) is 2.53. The smallest absolute Gasteiger partial charge is 0.228 e. The Bertz CT molecular complexity index is 606. The van der Waals surface area contributed by atoms with Crippen LogP contribution in [0.4, 0.5) is 0 Å². The topological polar surface area (TPSA) is 46.2 Å². The SMILES string of the molecule is CC(=O)C(C)(NC(=O)C(C)c1ccc2c(c1)CCCC2)C(C)C. The van der Waals surface area contributed by atoms with Crippen LogP contribution < -0.4 is 5.32 Å². The van der Waals surface area contributed by atoms with Crippen LogP contribution in [0.2, 0.25) is 0 Å². The van der Waals surface area contributed by atoms with Crippen LogP contribution in [-0.2, 0) is 22.4 Å². The van der Waals surface area contributed by atoms with Gasteiger partial charge in [0.25, 0.3) is 0 Å². The summed E-state index contributed by atoms with van der Waals surface area (Å²) in [6.45, 7) is 9.21. The van der Waals surface area contributed by atoms with Crippen molar-refractivity contribution in [3.05, 3.63) is 34.9 Å². The summed E-state index contributed by atoms with van der Waals surface area (Å²) in [6, 6.07) is 6.41. The van der Waals surface area contributed by atoms with Crippen LogP contribution in [0.3, 0.4) is 0 Å². The van der Waals surface area contributed by atoms with Crippen molar-refractivity contribution >= 4 is 11.7 Å². The van der Waals surface area contributed by atoms with E-state index in [4.69, 9.17) is 0 Å². The lowest BCUT2D eigenvalue weighted by molar-refractivity contribution is -0.132. The molecule has 1 aromatic rings. The van der Waals surface area contributed by atoms with Crippen molar-refractivity contribution in [2.75, 3.05) is 0 Å². The number of fused-ring (bicyclic) bond motifs is 1. The number of hydrogen-bond donors (Lipinski definition) is 1. The molecule has 2 unspecified atom stereocenters. The third-order valence-electron chi connectivity index (χ3n) is 5.53. The Morgan fingerprint density at radius 1 is 1.09 bits per heavy atom. The number of rotatable bonds is 5. The highest BCUT2D eigenvalue weighted by molar-refractivity contribution is 5.93. The highest BCUT2D eigenvalue weighted by atomic mass is 16.2. The van der Waals surface area contributed by atoms with Gasteiger partial charge in [0.05, 0.1) is 11.5 Å². The second kappa shape index (κ2) is 6.86. The van der Waals surface area contributed by atoms with E-state index in [1.807, 2.05) is 27.7 Å². The van der Waals surface area contributed by atoms with E-state index in [1.165, 1.54) is 24.0 Å². The molecule has 0 saturated heterocycles. The Kier molecular flexibility index (Phi) is 5.28. The van der Waals surface area contributed by atoms with E-state index in [1.54, 1.807) is 6.92 Å². The van der Waals surface area contributed by atoms with Gasteiger partial charge in [-0.1, -0.05) is 32.0 Å². The van der Waals surface area contributed by atoms with Gasteiger partial charge in [-0.25, -0.2) is 0 Å². The standard InChI is InChI=1S/C20H29NO2/c1-13(2)20(5,15(4)22)21-19(23)14(3)17-11-10-16-8-6-7-9-18(16)12-17/h10-14H,6-9H2,1-5H3,(H,21,23). The fourth-order valence-corrected chi connectivity index (χ4v) is 3.18. The lowest BCUT2D eigenvalue weighted by Gasteiger charge is -2.33. The molecule has 1 aliphatic carbocycles. The molecule has 0 saturated carbocycles. The van der Waals surface area contributed by atoms with E-state index in [0.717, 1.165) is 18.4 Å². The number of ketones is 1. The molecule has 1 amide bonds. The Balaban J connectivity index is 2.18. The molecule has 3 heteroatoms. The summed E-state index contributed by atoms with van der Waals surface area (Å²) in [5, 5.41) is 2.98. The molecule has 0 heterocycles. The lowest BCUT2D eigenvalue weighted by atomic mass is 9.83. The van der Waals surface area contributed by atoms with Gasteiger partial charge in [-0.3, -0.25) is 9.59 Å². The Morgan fingerprint density at radius 3 is 2.26 bits per heavy atom. The lowest BCUT2D eigenvalue weighted by Crippen LogP contribution is -2.55. The Hall–Kier alpha value is -1.64. The van der Waals surface area contributed by atoms with Crippen molar-refractivity contribution in [3.8, 4) is 0 Å². The fourth-order valence-electron chi connectivity index (χ4n) is 3.18. The summed E-state index contributed by atoms with van der Waals surface area (Å²) in [7, 11) is 0. The molecular formula is C20H29NO2.